The number of aryl methyl sites for hydroxylation is 1. The van der Waals surface area contributed by atoms with E-state index in [0.717, 1.165) is 24.8 Å². The summed E-state index contributed by atoms with van der Waals surface area (Å²) >= 11 is 5.95. The van der Waals surface area contributed by atoms with E-state index in [4.69, 9.17) is 11.6 Å². The lowest BCUT2D eigenvalue weighted by Crippen LogP contribution is -2.29. The van der Waals surface area contributed by atoms with Gasteiger partial charge in [0.2, 0.25) is 5.91 Å². The van der Waals surface area contributed by atoms with E-state index in [1.165, 1.54) is 4.68 Å². The number of nitrogens with zero attached hydrogens (tertiary/aromatic N) is 2. The van der Waals surface area contributed by atoms with Crippen molar-refractivity contribution in [2.45, 2.75) is 57.3 Å². The first-order valence-corrected chi connectivity index (χ1v) is 9.36. The molecule has 0 aliphatic heterocycles. The number of carbonyl (C=O) groups is 1. The Balaban J connectivity index is 1.68. The van der Waals surface area contributed by atoms with Gasteiger partial charge in [0.15, 0.2) is 5.69 Å². The maximum atomic E-state index is 13.1. The molecule has 1 fully saturated rings. The van der Waals surface area contributed by atoms with Gasteiger partial charge in [-0.3, -0.25) is 9.48 Å². The van der Waals surface area contributed by atoms with Crippen LogP contribution in [0.1, 0.15) is 61.5 Å². The molecular formula is C19H21ClF3N3O. The molecule has 3 rings (SSSR count). The summed E-state index contributed by atoms with van der Waals surface area (Å²) in [5.74, 6) is -0.232. The van der Waals surface area contributed by atoms with Crippen molar-refractivity contribution in [2.75, 3.05) is 0 Å². The zero-order chi connectivity index (χ0) is 19.6. The Morgan fingerprint density at radius 3 is 2.56 bits per heavy atom. The van der Waals surface area contributed by atoms with Crippen molar-refractivity contribution in [2.24, 2.45) is 0 Å². The maximum absolute atomic E-state index is 13.1. The fourth-order valence-electron chi connectivity index (χ4n) is 3.13. The van der Waals surface area contributed by atoms with Gasteiger partial charge in [0, 0.05) is 12.3 Å². The van der Waals surface area contributed by atoms with E-state index in [1.54, 1.807) is 0 Å². The number of nitrogens with one attached hydrogen (secondary N) is 1. The average molecular weight is 400 g/mol. The minimum atomic E-state index is -4.60. The molecule has 0 saturated heterocycles. The molecule has 0 spiro atoms. The summed E-state index contributed by atoms with van der Waals surface area (Å²) in [6.45, 7) is 2.03. The van der Waals surface area contributed by atoms with Gasteiger partial charge in [-0.25, -0.2) is 0 Å². The summed E-state index contributed by atoms with van der Waals surface area (Å²) in [6, 6.07) is 9.43. The van der Waals surface area contributed by atoms with Crippen molar-refractivity contribution < 1.29 is 18.0 Å². The van der Waals surface area contributed by atoms with Crippen LogP contribution in [0.2, 0.25) is 5.02 Å². The van der Waals surface area contributed by atoms with Crippen LogP contribution in [0.15, 0.2) is 30.3 Å². The Hall–Kier alpha value is -2.02. The van der Waals surface area contributed by atoms with Crippen molar-refractivity contribution in [3.8, 4) is 0 Å². The molecule has 4 nitrogen and oxygen atoms in total. The normalized spacial score (nSPS) is 15.6. The number of carbonyl (C=O) groups excluding carboxylic acids is 1. The van der Waals surface area contributed by atoms with Crippen molar-refractivity contribution in [3.63, 3.8) is 0 Å². The summed E-state index contributed by atoms with van der Waals surface area (Å²) in [5, 5.41) is 6.25. The third-order valence-corrected chi connectivity index (χ3v) is 5.03. The smallest absolute Gasteiger partial charge is 0.349 e. The van der Waals surface area contributed by atoms with E-state index in [1.807, 2.05) is 37.3 Å². The van der Waals surface area contributed by atoms with Crippen molar-refractivity contribution in [3.05, 3.63) is 52.3 Å². The van der Waals surface area contributed by atoms with Gasteiger partial charge in [0.25, 0.3) is 0 Å². The lowest BCUT2D eigenvalue weighted by Gasteiger charge is -2.17. The number of halogens is 4. The van der Waals surface area contributed by atoms with Crippen LogP contribution in [0, 0.1) is 0 Å². The lowest BCUT2D eigenvalue weighted by atomic mass is 10.0. The first kappa shape index (κ1) is 19.7. The lowest BCUT2D eigenvalue weighted by molar-refractivity contribution is -0.141. The predicted octanol–water partition coefficient (Wildman–Crippen LogP) is 5.09. The molecule has 1 aromatic carbocycles. The zero-order valence-electron chi connectivity index (χ0n) is 14.9. The quantitative estimate of drug-likeness (QED) is 0.704. The van der Waals surface area contributed by atoms with Crippen molar-refractivity contribution in [1.29, 1.82) is 0 Å². The molecule has 0 bridgehead atoms. The molecule has 1 saturated carbocycles. The van der Waals surface area contributed by atoms with Crippen molar-refractivity contribution in [1.82, 2.24) is 15.1 Å². The van der Waals surface area contributed by atoms with Gasteiger partial charge in [-0.05, 0) is 24.8 Å². The largest absolute Gasteiger partial charge is 0.436 e. The molecule has 2 aromatic rings. The second-order valence-corrected chi connectivity index (χ2v) is 7.11. The average Bonchev–Trinajstić information content (AvgIpc) is 3.40. The van der Waals surface area contributed by atoms with Gasteiger partial charge in [-0.2, -0.15) is 18.3 Å². The summed E-state index contributed by atoms with van der Waals surface area (Å²) in [7, 11) is 0. The fraction of sp³-hybridized carbons (Fsp3) is 0.474. The van der Waals surface area contributed by atoms with Gasteiger partial charge in [0.1, 0.15) is 0 Å². The highest BCUT2D eigenvalue weighted by Crippen LogP contribution is 2.46. The molecule has 0 radical (unpaired) electrons. The number of amides is 1. The minimum Gasteiger partial charge on any atom is -0.349 e. The predicted molar refractivity (Wildman–Crippen MR) is 96.4 cm³/mol. The number of rotatable bonds is 7. The van der Waals surface area contributed by atoms with Gasteiger partial charge >= 0.3 is 6.18 Å². The molecule has 1 heterocycles. The van der Waals surface area contributed by atoms with Crippen LogP contribution in [-0.4, -0.2) is 15.7 Å². The second-order valence-electron chi connectivity index (χ2n) is 6.73. The summed E-state index contributed by atoms with van der Waals surface area (Å²) in [6.07, 6.45) is -2.26. The van der Waals surface area contributed by atoms with Gasteiger partial charge in [-0.15, -0.1) is 0 Å². The molecule has 1 aliphatic carbocycles. The Morgan fingerprint density at radius 1 is 1.33 bits per heavy atom. The van der Waals surface area contributed by atoms with Gasteiger partial charge in [0.05, 0.1) is 23.3 Å². The topological polar surface area (TPSA) is 46.9 Å². The molecule has 8 heteroatoms. The molecule has 1 N–H and O–H groups in total. The third kappa shape index (κ3) is 4.64. The summed E-state index contributed by atoms with van der Waals surface area (Å²) in [4.78, 5) is 12.3. The molecule has 1 amide bonds. The second kappa shape index (κ2) is 7.92. The van der Waals surface area contributed by atoms with Crippen molar-refractivity contribution >= 4 is 17.5 Å². The highest BCUT2D eigenvalue weighted by Gasteiger charge is 2.42. The Bertz CT molecular complexity index is 801. The van der Waals surface area contributed by atoms with Crippen LogP contribution in [0.5, 0.6) is 0 Å². The number of hydrogen-bond acceptors (Lipinski definition) is 2. The van der Waals surface area contributed by atoms with E-state index in [9.17, 15) is 18.0 Å². The minimum absolute atomic E-state index is 0.00290. The van der Waals surface area contributed by atoms with E-state index >= 15 is 0 Å². The third-order valence-electron chi connectivity index (χ3n) is 4.66. The van der Waals surface area contributed by atoms with Gasteiger partial charge < -0.3 is 5.32 Å². The van der Waals surface area contributed by atoms with Crippen LogP contribution < -0.4 is 5.32 Å². The van der Waals surface area contributed by atoms with E-state index in [2.05, 4.69) is 10.4 Å². The Labute approximate surface area is 160 Å². The van der Waals surface area contributed by atoms with Gasteiger partial charge in [-0.1, -0.05) is 48.9 Å². The SMILES string of the molecule is CCC(NC(=O)CCn1nc(C(F)(F)F)c(Cl)c1C1CC1)c1ccccc1. The molecular weight excluding hydrogens is 379 g/mol. The van der Waals surface area contributed by atoms with E-state index < -0.39 is 11.9 Å². The number of alkyl halides is 3. The molecule has 146 valence electrons. The first-order chi connectivity index (χ1) is 12.8. The summed E-state index contributed by atoms with van der Waals surface area (Å²) in [5.41, 5.74) is 0.322. The molecule has 1 aliphatic rings. The number of hydrogen-bond donors (Lipinski definition) is 1. The van der Waals surface area contributed by atoms with Crippen LogP contribution in [0.3, 0.4) is 0 Å². The fourth-order valence-corrected chi connectivity index (χ4v) is 3.53. The summed E-state index contributed by atoms with van der Waals surface area (Å²) < 4.78 is 40.5. The Kier molecular flexibility index (Phi) is 5.79. The maximum Gasteiger partial charge on any atom is 0.436 e. The molecule has 1 atom stereocenters. The highest BCUT2D eigenvalue weighted by atomic mass is 35.5. The highest BCUT2D eigenvalue weighted by molar-refractivity contribution is 6.32. The molecule has 1 unspecified atom stereocenters. The van der Waals surface area contributed by atoms with Crippen LogP contribution in [0.25, 0.3) is 0 Å². The van der Waals surface area contributed by atoms with E-state index in [0.29, 0.717) is 5.69 Å². The van der Waals surface area contributed by atoms with E-state index in [-0.39, 0.29) is 35.9 Å². The Morgan fingerprint density at radius 2 is 2.00 bits per heavy atom. The van der Waals surface area contributed by atoms with Crippen LogP contribution >= 0.6 is 11.6 Å². The number of benzene rings is 1. The molecule has 1 aromatic heterocycles. The first-order valence-electron chi connectivity index (χ1n) is 8.99. The zero-order valence-corrected chi connectivity index (χ0v) is 15.6. The monoisotopic (exact) mass is 399 g/mol. The standard InChI is InChI=1S/C19H21ClF3N3O/c1-2-14(12-6-4-3-5-7-12)24-15(27)10-11-26-17(13-8-9-13)16(20)18(25-26)19(21,22)23/h3-7,13-14H,2,8-11H2,1H3,(H,24,27). The number of aromatic nitrogens is 2. The van der Waals surface area contributed by atoms with Crippen LogP contribution in [0.4, 0.5) is 13.2 Å². The molecule has 27 heavy (non-hydrogen) atoms. The van der Waals surface area contributed by atoms with Crippen LogP contribution in [-0.2, 0) is 17.5 Å².